The normalized spacial score (nSPS) is 12.5. The Kier molecular flexibility index (Phi) is 7.60. The summed E-state index contributed by atoms with van der Waals surface area (Å²) in [6.45, 7) is -3.20. The molecule has 0 aliphatic carbocycles. The molecule has 3 aromatic rings. The molecule has 0 bridgehead atoms. The molecule has 1 aromatic heterocycles. The van der Waals surface area contributed by atoms with E-state index in [1.165, 1.54) is 36.4 Å². The van der Waals surface area contributed by atoms with Gasteiger partial charge in [0.15, 0.2) is 0 Å². The number of hydrogen-bond acceptors (Lipinski definition) is 6. The third kappa shape index (κ3) is 6.47. The Bertz CT molecular complexity index is 1120. The minimum absolute atomic E-state index is 0.0326. The number of carbonyl (C=O) groups is 1. The average molecular weight is 488 g/mol. The van der Waals surface area contributed by atoms with Crippen LogP contribution in [0.3, 0.4) is 0 Å². The van der Waals surface area contributed by atoms with Crippen molar-refractivity contribution in [1.82, 2.24) is 4.72 Å². The summed E-state index contributed by atoms with van der Waals surface area (Å²) in [4.78, 5) is 12.6. The maximum atomic E-state index is 12.6. The second-order valence-corrected chi connectivity index (χ2v) is 9.83. The molecular weight excluding hydrogens is 472 g/mol. The Morgan fingerprint density at radius 2 is 1.71 bits per heavy atom. The van der Waals surface area contributed by atoms with E-state index in [1.807, 2.05) is 0 Å². The number of sulfonamides is 1. The first-order valence-electron chi connectivity index (χ1n) is 8.80. The summed E-state index contributed by atoms with van der Waals surface area (Å²) < 4.78 is 62.0. The van der Waals surface area contributed by atoms with Gasteiger partial charge < -0.3 is 9.47 Å². The van der Waals surface area contributed by atoms with Crippen LogP contribution in [-0.4, -0.2) is 27.5 Å². The van der Waals surface area contributed by atoms with Gasteiger partial charge in [-0.05, 0) is 42.0 Å². The number of hydrogen-bond donors (Lipinski definition) is 1. The molecule has 1 heterocycles. The van der Waals surface area contributed by atoms with Gasteiger partial charge in [0.25, 0.3) is 0 Å². The topological polar surface area (TPSA) is 81.7 Å². The van der Waals surface area contributed by atoms with Crippen molar-refractivity contribution in [1.29, 1.82) is 0 Å². The molecule has 0 aliphatic heterocycles. The standard InChI is InChI=1S/C20H16ClF2NO5S2/c21-17-10-11-18(30-17)31(26,27)24-12-16(13-4-2-1-3-5-13)29-19(25)14-6-8-15(9-7-14)28-20(22)23/h1-11,16,20,24H,12H2/t16-/m1/s1. The molecule has 11 heteroatoms. The predicted octanol–water partition coefficient (Wildman–Crippen LogP) is 4.88. The minimum atomic E-state index is -3.85. The molecule has 0 fully saturated rings. The molecule has 31 heavy (non-hydrogen) atoms. The molecule has 0 amide bonds. The summed E-state index contributed by atoms with van der Waals surface area (Å²) in [6, 6.07) is 16.4. The van der Waals surface area contributed by atoms with Gasteiger partial charge in [0.1, 0.15) is 16.1 Å². The monoisotopic (exact) mass is 487 g/mol. The molecule has 0 saturated carbocycles. The Balaban J connectivity index is 1.74. The number of rotatable bonds is 9. The van der Waals surface area contributed by atoms with Crippen LogP contribution >= 0.6 is 22.9 Å². The van der Waals surface area contributed by atoms with Crippen molar-refractivity contribution in [2.75, 3.05) is 6.54 Å². The second-order valence-electron chi connectivity index (χ2n) is 6.12. The third-order valence-electron chi connectivity index (χ3n) is 4.01. The Labute approximate surface area is 186 Å². The van der Waals surface area contributed by atoms with Gasteiger partial charge in [-0.3, -0.25) is 0 Å². The molecule has 164 valence electrons. The summed E-state index contributed by atoms with van der Waals surface area (Å²) in [7, 11) is -3.85. The molecule has 0 spiro atoms. The molecule has 2 aromatic carbocycles. The quantitative estimate of drug-likeness (QED) is 0.435. The summed E-state index contributed by atoms with van der Waals surface area (Å²) >= 11 is 6.71. The van der Waals surface area contributed by atoms with E-state index in [0.29, 0.717) is 9.90 Å². The molecule has 3 rings (SSSR count). The van der Waals surface area contributed by atoms with Gasteiger partial charge in [-0.15, -0.1) is 11.3 Å². The van der Waals surface area contributed by atoms with Gasteiger partial charge in [0, 0.05) is 0 Å². The lowest BCUT2D eigenvalue weighted by molar-refractivity contribution is -0.0498. The van der Waals surface area contributed by atoms with Gasteiger partial charge in [-0.2, -0.15) is 8.78 Å². The Morgan fingerprint density at radius 1 is 1.03 bits per heavy atom. The third-order valence-corrected chi connectivity index (χ3v) is 7.15. The Morgan fingerprint density at radius 3 is 2.29 bits per heavy atom. The second kappa shape index (κ2) is 10.2. The zero-order valence-corrected chi connectivity index (χ0v) is 18.1. The van der Waals surface area contributed by atoms with Crippen LogP contribution in [0.5, 0.6) is 5.75 Å². The largest absolute Gasteiger partial charge is 0.452 e. The number of benzene rings is 2. The zero-order valence-electron chi connectivity index (χ0n) is 15.7. The highest BCUT2D eigenvalue weighted by Crippen LogP contribution is 2.26. The minimum Gasteiger partial charge on any atom is -0.452 e. The number of nitrogens with one attached hydrogen (secondary N) is 1. The molecular formula is C20H16ClF2NO5S2. The summed E-state index contributed by atoms with van der Waals surface area (Å²) in [5, 5.41) is 0. The van der Waals surface area contributed by atoms with Crippen LogP contribution in [0.2, 0.25) is 4.34 Å². The number of alkyl halides is 2. The fourth-order valence-corrected chi connectivity index (χ4v) is 5.12. The number of esters is 1. The first kappa shape index (κ1) is 23.1. The summed E-state index contributed by atoms with van der Waals surface area (Å²) in [6.07, 6.45) is -0.934. The SMILES string of the molecule is O=C(O[C@H](CNS(=O)(=O)c1ccc(Cl)s1)c1ccccc1)c1ccc(OC(F)F)cc1. The lowest BCUT2D eigenvalue weighted by atomic mass is 10.1. The molecule has 6 nitrogen and oxygen atoms in total. The van der Waals surface area contributed by atoms with E-state index >= 15 is 0 Å². The maximum Gasteiger partial charge on any atom is 0.387 e. The van der Waals surface area contributed by atoms with Crippen LogP contribution in [0.1, 0.15) is 22.0 Å². The van der Waals surface area contributed by atoms with Crippen LogP contribution in [0, 0.1) is 0 Å². The number of ether oxygens (including phenoxy) is 2. The van der Waals surface area contributed by atoms with E-state index in [-0.39, 0.29) is 22.1 Å². The fourth-order valence-electron chi connectivity index (χ4n) is 2.56. The highest BCUT2D eigenvalue weighted by Gasteiger charge is 2.23. The van der Waals surface area contributed by atoms with Gasteiger partial charge >= 0.3 is 12.6 Å². The van der Waals surface area contributed by atoms with Gasteiger partial charge in [0.05, 0.1) is 16.4 Å². The van der Waals surface area contributed by atoms with Crippen molar-refractivity contribution < 1.29 is 31.5 Å². The van der Waals surface area contributed by atoms with Crippen molar-refractivity contribution in [3.8, 4) is 5.75 Å². The highest BCUT2D eigenvalue weighted by atomic mass is 35.5. The molecule has 0 radical (unpaired) electrons. The van der Waals surface area contributed by atoms with Gasteiger partial charge in [-0.1, -0.05) is 41.9 Å². The predicted molar refractivity (Wildman–Crippen MR) is 112 cm³/mol. The van der Waals surface area contributed by atoms with Crippen LogP contribution in [0.4, 0.5) is 8.78 Å². The molecule has 0 saturated heterocycles. The van der Waals surface area contributed by atoms with Crippen LogP contribution in [-0.2, 0) is 14.8 Å². The lowest BCUT2D eigenvalue weighted by Crippen LogP contribution is -2.30. The lowest BCUT2D eigenvalue weighted by Gasteiger charge is -2.19. The van der Waals surface area contributed by atoms with Crippen LogP contribution < -0.4 is 9.46 Å². The van der Waals surface area contributed by atoms with Gasteiger partial charge in [0.2, 0.25) is 10.0 Å². The number of halogens is 3. The first-order valence-corrected chi connectivity index (χ1v) is 11.5. The van der Waals surface area contributed by atoms with Crippen LogP contribution in [0.25, 0.3) is 0 Å². The molecule has 0 aliphatic rings. The summed E-state index contributed by atoms with van der Waals surface area (Å²) in [5.41, 5.74) is 0.663. The summed E-state index contributed by atoms with van der Waals surface area (Å²) in [5.74, 6) is -0.857. The van der Waals surface area contributed by atoms with Crippen molar-refractivity contribution in [2.24, 2.45) is 0 Å². The van der Waals surface area contributed by atoms with E-state index in [4.69, 9.17) is 16.3 Å². The zero-order chi connectivity index (χ0) is 22.4. The van der Waals surface area contributed by atoms with E-state index in [9.17, 15) is 22.0 Å². The maximum absolute atomic E-state index is 12.6. The molecule has 0 unspecified atom stereocenters. The van der Waals surface area contributed by atoms with E-state index < -0.39 is 28.7 Å². The van der Waals surface area contributed by atoms with E-state index in [0.717, 1.165) is 11.3 Å². The van der Waals surface area contributed by atoms with Crippen molar-refractivity contribution >= 4 is 38.9 Å². The fraction of sp³-hybridized carbons (Fsp3) is 0.150. The first-order chi connectivity index (χ1) is 14.7. The average Bonchev–Trinajstić information content (AvgIpc) is 3.19. The smallest absolute Gasteiger partial charge is 0.387 e. The van der Waals surface area contributed by atoms with E-state index in [2.05, 4.69) is 9.46 Å². The van der Waals surface area contributed by atoms with Crippen molar-refractivity contribution in [3.63, 3.8) is 0 Å². The van der Waals surface area contributed by atoms with E-state index in [1.54, 1.807) is 30.3 Å². The van der Waals surface area contributed by atoms with Crippen molar-refractivity contribution in [3.05, 3.63) is 82.2 Å². The number of thiophene rings is 1. The molecule has 1 atom stereocenters. The van der Waals surface area contributed by atoms with Crippen LogP contribution in [0.15, 0.2) is 70.9 Å². The number of carbonyl (C=O) groups excluding carboxylic acids is 1. The highest BCUT2D eigenvalue weighted by molar-refractivity contribution is 7.91. The Hall–Kier alpha value is -2.53. The van der Waals surface area contributed by atoms with Gasteiger partial charge in [-0.25, -0.2) is 17.9 Å². The molecule has 1 N–H and O–H groups in total. The van der Waals surface area contributed by atoms with Crippen molar-refractivity contribution in [2.45, 2.75) is 16.9 Å².